The van der Waals surface area contributed by atoms with Crippen LogP contribution in [0.1, 0.15) is 12.5 Å². The Morgan fingerprint density at radius 2 is 1.90 bits per heavy atom. The SMILES string of the molecule is COc1ccccc1N(C)c1ccc(CC(C)N)cc1F. The van der Waals surface area contributed by atoms with E-state index in [1.807, 2.05) is 44.3 Å². The lowest BCUT2D eigenvalue weighted by molar-refractivity contribution is 0.415. The molecule has 0 bridgehead atoms. The van der Waals surface area contributed by atoms with Crippen LogP contribution in [0.3, 0.4) is 0 Å². The number of anilines is 2. The zero-order valence-electron chi connectivity index (χ0n) is 12.6. The van der Waals surface area contributed by atoms with Crippen LogP contribution < -0.4 is 15.4 Å². The van der Waals surface area contributed by atoms with E-state index in [1.54, 1.807) is 24.1 Å². The van der Waals surface area contributed by atoms with Gasteiger partial charge in [0.15, 0.2) is 0 Å². The highest BCUT2D eigenvalue weighted by Crippen LogP contribution is 2.33. The van der Waals surface area contributed by atoms with Crippen molar-refractivity contribution in [3.05, 3.63) is 53.8 Å². The predicted molar refractivity (Wildman–Crippen MR) is 84.8 cm³/mol. The van der Waals surface area contributed by atoms with Crippen LogP contribution in [0.2, 0.25) is 0 Å². The number of ether oxygens (including phenoxy) is 1. The molecule has 0 aliphatic carbocycles. The molecule has 0 saturated carbocycles. The number of nitrogens with two attached hydrogens (primary N) is 1. The maximum Gasteiger partial charge on any atom is 0.147 e. The summed E-state index contributed by atoms with van der Waals surface area (Å²) >= 11 is 0. The molecular formula is C17H21FN2O. The minimum Gasteiger partial charge on any atom is -0.495 e. The molecule has 0 aromatic heterocycles. The first kappa shape index (κ1) is 15.3. The topological polar surface area (TPSA) is 38.5 Å². The molecule has 0 saturated heterocycles. The number of hydrogen-bond donors (Lipinski definition) is 1. The van der Waals surface area contributed by atoms with E-state index < -0.39 is 0 Å². The first-order valence-electron chi connectivity index (χ1n) is 6.93. The number of hydrogen-bond acceptors (Lipinski definition) is 3. The smallest absolute Gasteiger partial charge is 0.147 e. The summed E-state index contributed by atoms with van der Waals surface area (Å²) < 4.78 is 19.7. The molecule has 1 atom stereocenters. The summed E-state index contributed by atoms with van der Waals surface area (Å²) in [6, 6.07) is 12.8. The molecule has 21 heavy (non-hydrogen) atoms. The van der Waals surface area contributed by atoms with E-state index in [4.69, 9.17) is 10.5 Å². The summed E-state index contributed by atoms with van der Waals surface area (Å²) in [4.78, 5) is 1.78. The second-order valence-electron chi connectivity index (χ2n) is 5.20. The zero-order valence-corrected chi connectivity index (χ0v) is 12.6. The zero-order chi connectivity index (χ0) is 15.4. The highest BCUT2D eigenvalue weighted by Gasteiger charge is 2.14. The van der Waals surface area contributed by atoms with Gasteiger partial charge in [-0.25, -0.2) is 4.39 Å². The monoisotopic (exact) mass is 288 g/mol. The van der Waals surface area contributed by atoms with Gasteiger partial charge in [-0.15, -0.1) is 0 Å². The van der Waals surface area contributed by atoms with E-state index in [9.17, 15) is 4.39 Å². The van der Waals surface area contributed by atoms with Gasteiger partial charge in [-0.2, -0.15) is 0 Å². The van der Waals surface area contributed by atoms with Crippen molar-refractivity contribution >= 4 is 11.4 Å². The number of halogens is 1. The lowest BCUT2D eigenvalue weighted by Crippen LogP contribution is -2.18. The van der Waals surface area contributed by atoms with Crippen molar-refractivity contribution < 1.29 is 9.13 Å². The van der Waals surface area contributed by atoms with Gasteiger partial charge in [-0.05, 0) is 43.2 Å². The van der Waals surface area contributed by atoms with E-state index in [0.717, 1.165) is 11.3 Å². The van der Waals surface area contributed by atoms with E-state index in [1.165, 1.54) is 0 Å². The summed E-state index contributed by atoms with van der Waals surface area (Å²) in [5, 5.41) is 0. The quantitative estimate of drug-likeness (QED) is 0.915. The Bertz CT molecular complexity index is 613. The second-order valence-corrected chi connectivity index (χ2v) is 5.20. The third kappa shape index (κ3) is 3.52. The van der Waals surface area contributed by atoms with Gasteiger partial charge in [-0.1, -0.05) is 18.2 Å². The fourth-order valence-corrected chi connectivity index (χ4v) is 2.36. The van der Waals surface area contributed by atoms with Crippen molar-refractivity contribution in [3.8, 4) is 5.75 Å². The number of benzene rings is 2. The van der Waals surface area contributed by atoms with Gasteiger partial charge in [0.05, 0.1) is 18.5 Å². The van der Waals surface area contributed by atoms with Crippen LogP contribution in [0.4, 0.5) is 15.8 Å². The predicted octanol–water partition coefficient (Wildman–Crippen LogP) is 3.49. The fraction of sp³-hybridized carbons (Fsp3) is 0.294. The van der Waals surface area contributed by atoms with E-state index in [-0.39, 0.29) is 11.9 Å². The molecule has 0 spiro atoms. The molecule has 3 nitrogen and oxygen atoms in total. The Morgan fingerprint density at radius 1 is 1.19 bits per heavy atom. The van der Waals surface area contributed by atoms with E-state index >= 15 is 0 Å². The van der Waals surface area contributed by atoms with Crippen molar-refractivity contribution in [3.63, 3.8) is 0 Å². The van der Waals surface area contributed by atoms with Gasteiger partial charge < -0.3 is 15.4 Å². The van der Waals surface area contributed by atoms with Gasteiger partial charge in [-0.3, -0.25) is 0 Å². The summed E-state index contributed by atoms with van der Waals surface area (Å²) in [6.07, 6.45) is 0.662. The molecule has 4 heteroatoms. The Balaban J connectivity index is 2.33. The summed E-state index contributed by atoms with van der Waals surface area (Å²) in [5.41, 5.74) is 7.98. The number of methoxy groups -OCH3 is 1. The lowest BCUT2D eigenvalue weighted by Gasteiger charge is -2.22. The second kappa shape index (κ2) is 6.59. The van der Waals surface area contributed by atoms with Crippen molar-refractivity contribution in [2.75, 3.05) is 19.1 Å². The number of rotatable bonds is 5. The average Bonchev–Trinajstić information content (AvgIpc) is 2.46. The Hall–Kier alpha value is -2.07. The summed E-state index contributed by atoms with van der Waals surface area (Å²) in [5.74, 6) is 0.445. The highest BCUT2D eigenvalue weighted by molar-refractivity contribution is 5.69. The lowest BCUT2D eigenvalue weighted by atomic mass is 10.1. The molecule has 0 amide bonds. The summed E-state index contributed by atoms with van der Waals surface area (Å²) in [7, 11) is 3.43. The van der Waals surface area contributed by atoms with Crippen LogP contribution in [0.15, 0.2) is 42.5 Å². The number of para-hydroxylation sites is 2. The maximum absolute atomic E-state index is 14.3. The molecule has 0 heterocycles. The molecule has 1 unspecified atom stereocenters. The minimum atomic E-state index is -0.262. The van der Waals surface area contributed by atoms with Crippen LogP contribution in [0, 0.1) is 5.82 Å². The first-order chi connectivity index (χ1) is 10.0. The highest BCUT2D eigenvalue weighted by atomic mass is 19.1. The van der Waals surface area contributed by atoms with Crippen molar-refractivity contribution in [1.82, 2.24) is 0 Å². The Kier molecular flexibility index (Phi) is 4.81. The van der Waals surface area contributed by atoms with Gasteiger partial charge in [0.1, 0.15) is 11.6 Å². The third-order valence-electron chi connectivity index (χ3n) is 3.38. The maximum atomic E-state index is 14.3. The molecule has 0 radical (unpaired) electrons. The van der Waals surface area contributed by atoms with Gasteiger partial charge >= 0.3 is 0 Å². The molecule has 2 N–H and O–H groups in total. The van der Waals surface area contributed by atoms with Gasteiger partial charge in [0.2, 0.25) is 0 Å². The van der Waals surface area contributed by atoms with Crippen LogP contribution in [-0.2, 0) is 6.42 Å². The third-order valence-corrected chi connectivity index (χ3v) is 3.38. The molecular weight excluding hydrogens is 267 g/mol. The number of nitrogens with zero attached hydrogens (tertiary/aromatic N) is 1. The molecule has 0 aliphatic rings. The van der Waals surface area contributed by atoms with E-state index in [2.05, 4.69) is 0 Å². The van der Waals surface area contributed by atoms with Crippen LogP contribution in [0.5, 0.6) is 5.75 Å². The minimum absolute atomic E-state index is 0.0159. The average molecular weight is 288 g/mol. The fourth-order valence-electron chi connectivity index (χ4n) is 2.36. The largest absolute Gasteiger partial charge is 0.495 e. The first-order valence-corrected chi connectivity index (χ1v) is 6.93. The van der Waals surface area contributed by atoms with Gasteiger partial charge in [0.25, 0.3) is 0 Å². The van der Waals surface area contributed by atoms with Crippen molar-refractivity contribution in [2.45, 2.75) is 19.4 Å². The normalized spacial score (nSPS) is 12.0. The van der Waals surface area contributed by atoms with E-state index in [0.29, 0.717) is 17.9 Å². The van der Waals surface area contributed by atoms with Crippen LogP contribution >= 0.6 is 0 Å². The Labute approximate surface area is 125 Å². The molecule has 2 aromatic rings. The van der Waals surface area contributed by atoms with Crippen molar-refractivity contribution in [1.29, 1.82) is 0 Å². The van der Waals surface area contributed by atoms with Crippen molar-refractivity contribution in [2.24, 2.45) is 5.73 Å². The summed E-state index contributed by atoms with van der Waals surface area (Å²) in [6.45, 7) is 1.91. The molecule has 112 valence electrons. The molecule has 0 aliphatic heterocycles. The van der Waals surface area contributed by atoms with Crippen LogP contribution in [0.25, 0.3) is 0 Å². The van der Waals surface area contributed by atoms with Crippen LogP contribution in [-0.4, -0.2) is 20.2 Å². The molecule has 2 rings (SSSR count). The standard InChI is InChI=1S/C17H21FN2O/c1-12(19)10-13-8-9-15(14(18)11-13)20(2)16-6-4-5-7-17(16)21-3/h4-9,11-12H,10,19H2,1-3H3. The Morgan fingerprint density at radius 3 is 2.52 bits per heavy atom. The van der Waals surface area contributed by atoms with Gasteiger partial charge in [0, 0.05) is 13.1 Å². The molecule has 2 aromatic carbocycles. The molecule has 0 fully saturated rings.